The number of carbonyl (C=O) groups excluding carboxylic acids is 1. The third kappa shape index (κ3) is 4.12. The summed E-state index contributed by atoms with van der Waals surface area (Å²) in [5.41, 5.74) is 6.33. The number of piperidine rings is 1. The van der Waals surface area contributed by atoms with E-state index in [1.165, 1.54) is 18.5 Å². The summed E-state index contributed by atoms with van der Waals surface area (Å²) in [6, 6.07) is 8.45. The highest BCUT2D eigenvalue weighted by atomic mass is 16.2. The van der Waals surface area contributed by atoms with Crippen molar-refractivity contribution in [3.63, 3.8) is 0 Å². The summed E-state index contributed by atoms with van der Waals surface area (Å²) < 4.78 is 4.04. The van der Waals surface area contributed by atoms with Crippen molar-refractivity contribution in [1.29, 1.82) is 0 Å². The minimum atomic E-state index is 0.107. The Kier molecular flexibility index (Phi) is 5.60. The van der Waals surface area contributed by atoms with Crippen molar-refractivity contribution in [2.45, 2.75) is 39.3 Å². The Morgan fingerprint density at radius 3 is 2.89 bits per heavy atom. The highest BCUT2D eigenvalue weighted by molar-refractivity contribution is 5.97. The van der Waals surface area contributed by atoms with Gasteiger partial charge in [0.1, 0.15) is 0 Å². The number of nitrogens with one attached hydrogen (secondary N) is 1. The molecule has 35 heavy (non-hydrogen) atoms. The molecule has 1 aromatic carbocycles. The van der Waals surface area contributed by atoms with Crippen molar-refractivity contribution in [3.8, 4) is 22.5 Å². The summed E-state index contributed by atoms with van der Waals surface area (Å²) in [6.45, 7) is 6.14. The first-order valence-corrected chi connectivity index (χ1v) is 12.5. The monoisotopic (exact) mass is 469 g/mol. The van der Waals surface area contributed by atoms with Gasteiger partial charge in [0, 0.05) is 80.2 Å². The summed E-state index contributed by atoms with van der Waals surface area (Å²) >= 11 is 0. The molecule has 5 heterocycles. The second-order valence-electron chi connectivity index (χ2n) is 9.83. The van der Waals surface area contributed by atoms with Crippen LogP contribution in [0.15, 0.2) is 42.9 Å². The lowest BCUT2D eigenvalue weighted by atomic mass is 9.97. The van der Waals surface area contributed by atoms with Gasteiger partial charge >= 0.3 is 0 Å². The second-order valence-corrected chi connectivity index (χ2v) is 9.83. The standard InChI is InChI=1S/C27H31N7O/c1-18(35)33-11-8-26-24(17-33)27(31-32(26)2)22-5-3-4-20-12-25(29-14-23(20)22)21-13-30-34(16-21)15-19-6-9-28-10-7-19/h3-5,12-14,16,19,28H,6-11,15,17H2,1-2H3. The number of benzene rings is 1. The van der Waals surface area contributed by atoms with Crippen LogP contribution < -0.4 is 5.32 Å². The predicted octanol–water partition coefficient (Wildman–Crippen LogP) is 3.40. The van der Waals surface area contributed by atoms with Gasteiger partial charge in [-0.25, -0.2) is 0 Å². The van der Waals surface area contributed by atoms with Crippen LogP contribution in [0.1, 0.15) is 31.0 Å². The Morgan fingerprint density at radius 2 is 2.06 bits per heavy atom. The molecule has 2 aliphatic heterocycles. The molecule has 0 spiro atoms. The highest BCUT2D eigenvalue weighted by Crippen LogP contribution is 2.35. The Hall–Kier alpha value is -3.52. The summed E-state index contributed by atoms with van der Waals surface area (Å²) in [7, 11) is 1.99. The normalized spacial score (nSPS) is 16.6. The van der Waals surface area contributed by atoms with E-state index in [0.717, 1.165) is 71.5 Å². The van der Waals surface area contributed by atoms with Crippen molar-refractivity contribution >= 4 is 16.7 Å². The third-order valence-electron chi connectivity index (χ3n) is 7.54. The summed E-state index contributed by atoms with van der Waals surface area (Å²) in [6.07, 6.45) is 9.22. The van der Waals surface area contributed by atoms with Crippen molar-refractivity contribution in [1.82, 2.24) is 34.8 Å². The smallest absolute Gasteiger partial charge is 0.219 e. The molecule has 8 nitrogen and oxygen atoms in total. The zero-order chi connectivity index (χ0) is 23.9. The summed E-state index contributed by atoms with van der Waals surface area (Å²) in [4.78, 5) is 18.8. The van der Waals surface area contributed by atoms with E-state index in [2.05, 4.69) is 45.6 Å². The maximum atomic E-state index is 12.0. The average Bonchev–Trinajstić information content (AvgIpc) is 3.48. The minimum absolute atomic E-state index is 0.107. The van der Waals surface area contributed by atoms with Crippen LogP contribution in [0.2, 0.25) is 0 Å². The Balaban J connectivity index is 1.32. The van der Waals surface area contributed by atoms with Gasteiger partial charge in [0.15, 0.2) is 0 Å². The number of hydrogen-bond donors (Lipinski definition) is 1. The number of fused-ring (bicyclic) bond motifs is 2. The Labute approximate surface area is 205 Å². The van der Waals surface area contributed by atoms with E-state index in [0.29, 0.717) is 12.5 Å². The van der Waals surface area contributed by atoms with Gasteiger partial charge in [0.25, 0.3) is 0 Å². The van der Waals surface area contributed by atoms with Crippen LogP contribution in [-0.2, 0) is 31.4 Å². The molecule has 0 unspecified atom stereocenters. The first kappa shape index (κ1) is 22.0. The van der Waals surface area contributed by atoms with Crippen LogP contribution in [0.25, 0.3) is 33.3 Å². The topological polar surface area (TPSA) is 80.9 Å². The second kappa shape index (κ2) is 8.92. The average molecular weight is 470 g/mol. The lowest BCUT2D eigenvalue weighted by Crippen LogP contribution is -2.34. The highest BCUT2D eigenvalue weighted by Gasteiger charge is 2.26. The van der Waals surface area contributed by atoms with Crippen LogP contribution in [-0.4, -0.2) is 55.0 Å². The van der Waals surface area contributed by atoms with E-state index < -0.39 is 0 Å². The molecule has 4 aromatic rings. The number of aromatic nitrogens is 5. The maximum absolute atomic E-state index is 12.0. The van der Waals surface area contributed by atoms with Gasteiger partial charge in [0.2, 0.25) is 5.91 Å². The molecule has 3 aromatic heterocycles. The Bertz CT molecular complexity index is 1400. The molecule has 0 radical (unpaired) electrons. The number of amides is 1. The van der Waals surface area contributed by atoms with Gasteiger partial charge in [-0.15, -0.1) is 0 Å². The molecular formula is C27H31N7O. The molecule has 1 amide bonds. The van der Waals surface area contributed by atoms with Crippen LogP contribution in [0.4, 0.5) is 0 Å². The van der Waals surface area contributed by atoms with Gasteiger partial charge in [-0.3, -0.25) is 19.1 Å². The number of hydrogen-bond acceptors (Lipinski definition) is 5. The van der Waals surface area contributed by atoms with Gasteiger partial charge in [0.05, 0.1) is 17.6 Å². The first-order chi connectivity index (χ1) is 17.1. The maximum Gasteiger partial charge on any atom is 0.219 e. The molecule has 8 heteroatoms. The number of rotatable bonds is 4. The third-order valence-corrected chi connectivity index (χ3v) is 7.54. The number of carbonyl (C=O) groups is 1. The van der Waals surface area contributed by atoms with Crippen molar-refractivity contribution in [2.24, 2.45) is 13.0 Å². The number of aryl methyl sites for hydroxylation is 1. The molecule has 1 N–H and O–H groups in total. The van der Waals surface area contributed by atoms with Crippen LogP contribution in [0, 0.1) is 5.92 Å². The molecule has 0 saturated carbocycles. The lowest BCUT2D eigenvalue weighted by Gasteiger charge is -2.26. The molecule has 2 aliphatic rings. The van der Waals surface area contributed by atoms with E-state index in [1.54, 1.807) is 6.92 Å². The molecule has 1 saturated heterocycles. The molecule has 1 fully saturated rings. The van der Waals surface area contributed by atoms with Crippen LogP contribution in [0.3, 0.4) is 0 Å². The van der Waals surface area contributed by atoms with E-state index in [4.69, 9.17) is 10.1 Å². The SMILES string of the molecule is CC(=O)N1CCc2c(c(-c3cccc4cc(-c5cnn(CC6CCNCC6)c5)ncc34)nn2C)C1. The fourth-order valence-corrected chi connectivity index (χ4v) is 5.54. The Morgan fingerprint density at radius 1 is 1.20 bits per heavy atom. The summed E-state index contributed by atoms with van der Waals surface area (Å²) in [5.74, 6) is 0.787. The summed E-state index contributed by atoms with van der Waals surface area (Å²) in [5, 5.41) is 15.1. The molecule has 0 aliphatic carbocycles. The molecular weight excluding hydrogens is 438 g/mol. The van der Waals surface area contributed by atoms with Crippen molar-refractivity contribution < 1.29 is 4.79 Å². The fourth-order valence-electron chi connectivity index (χ4n) is 5.54. The quantitative estimate of drug-likeness (QED) is 0.496. The van der Waals surface area contributed by atoms with E-state index in [-0.39, 0.29) is 5.91 Å². The van der Waals surface area contributed by atoms with Gasteiger partial charge in [-0.2, -0.15) is 10.2 Å². The van der Waals surface area contributed by atoms with Crippen LogP contribution in [0.5, 0.6) is 0 Å². The fraction of sp³-hybridized carbons (Fsp3) is 0.407. The van der Waals surface area contributed by atoms with Crippen molar-refractivity contribution in [2.75, 3.05) is 19.6 Å². The van der Waals surface area contributed by atoms with Crippen LogP contribution >= 0.6 is 0 Å². The molecule has 6 rings (SSSR count). The predicted molar refractivity (Wildman–Crippen MR) is 136 cm³/mol. The molecule has 0 atom stereocenters. The van der Waals surface area contributed by atoms with Gasteiger partial charge in [-0.1, -0.05) is 18.2 Å². The number of nitrogens with zero attached hydrogens (tertiary/aromatic N) is 6. The number of pyridine rings is 1. The first-order valence-electron chi connectivity index (χ1n) is 12.5. The van der Waals surface area contributed by atoms with E-state index in [9.17, 15) is 4.79 Å². The zero-order valence-corrected chi connectivity index (χ0v) is 20.4. The van der Waals surface area contributed by atoms with E-state index in [1.807, 2.05) is 29.0 Å². The zero-order valence-electron chi connectivity index (χ0n) is 20.4. The molecule has 0 bridgehead atoms. The molecule has 180 valence electrons. The van der Waals surface area contributed by atoms with Gasteiger partial charge in [-0.05, 0) is 43.3 Å². The lowest BCUT2D eigenvalue weighted by molar-refractivity contribution is -0.129. The largest absolute Gasteiger partial charge is 0.338 e. The minimum Gasteiger partial charge on any atom is -0.338 e. The van der Waals surface area contributed by atoms with Crippen molar-refractivity contribution in [3.05, 3.63) is 54.1 Å². The van der Waals surface area contributed by atoms with E-state index >= 15 is 0 Å². The van der Waals surface area contributed by atoms with Gasteiger partial charge < -0.3 is 10.2 Å².